The predicted molar refractivity (Wildman–Crippen MR) is 61.1 cm³/mol. The van der Waals surface area contributed by atoms with Gasteiger partial charge in [-0.3, -0.25) is 9.59 Å². The van der Waals surface area contributed by atoms with Crippen LogP contribution in [0, 0.1) is 5.92 Å². The second-order valence-corrected chi connectivity index (χ2v) is 4.10. The zero-order chi connectivity index (χ0) is 11.4. The van der Waals surface area contributed by atoms with Gasteiger partial charge in [0, 0.05) is 24.4 Å². The summed E-state index contributed by atoms with van der Waals surface area (Å²) in [5, 5.41) is 2.78. The third kappa shape index (κ3) is 2.48. The first-order chi connectivity index (χ1) is 7.77. The monoisotopic (exact) mass is 217 g/mol. The van der Waals surface area contributed by atoms with Gasteiger partial charge in [0.2, 0.25) is 5.91 Å². The average Bonchev–Trinajstić information content (AvgIpc) is 2.73. The molecule has 84 valence electrons. The van der Waals surface area contributed by atoms with Gasteiger partial charge in [-0.2, -0.15) is 0 Å². The number of carbonyl (C=O) groups is 2. The fourth-order valence-corrected chi connectivity index (χ4v) is 1.99. The zero-order valence-corrected chi connectivity index (χ0v) is 9.11. The Labute approximate surface area is 94.9 Å². The Bertz CT molecular complexity index is 386. The second-order valence-electron chi connectivity index (χ2n) is 4.10. The molecule has 2 rings (SSSR count). The zero-order valence-electron chi connectivity index (χ0n) is 9.11. The molecule has 16 heavy (non-hydrogen) atoms. The molecule has 0 spiro atoms. The van der Waals surface area contributed by atoms with Gasteiger partial charge in [0.15, 0.2) is 5.78 Å². The molecular weight excluding hydrogens is 202 g/mol. The smallest absolute Gasteiger partial charge is 0.223 e. The van der Waals surface area contributed by atoms with Crippen LogP contribution in [0.3, 0.4) is 0 Å². The highest BCUT2D eigenvalue weighted by atomic mass is 16.2. The molecule has 1 aromatic carbocycles. The van der Waals surface area contributed by atoms with E-state index in [1.54, 1.807) is 0 Å². The molecule has 3 nitrogen and oxygen atoms in total. The summed E-state index contributed by atoms with van der Waals surface area (Å²) in [6.45, 7) is 0.753. The van der Waals surface area contributed by atoms with Crippen LogP contribution in [0.4, 0.5) is 0 Å². The van der Waals surface area contributed by atoms with E-state index in [0.717, 1.165) is 18.5 Å². The Morgan fingerprint density at radius 3 is 2.69 bits per heavy atom. The Morgan fingerprint density at radius 2 is 2.06 bits per heavy atom. The van der Waals surface area contributed by atoms with E-state index in [9.17, 15) is 9.59 Å². The van der Waals surface area contributed by atoms with Crippen LogP contribution in [0.15, 0.2) is 30.3 Å². The molecule has 0 saturated carbocycles. The summed E-state index contributed by atoms with van der Waals surface area (Å²) in [6.07, 6.45) is 1.99. The second kappa shape index (κ2) is 4.92. The number of ketones is 1. The molecule has 1 aliphatic rings. The summed E-state index contributed by atoms with van der Waals surface area (Å²) < 4.78 is 0. The normalized spacial score (nSPS) is 19.5. The number of nitrogens with one attached hydrogen (secondary N) is 1. The van der Waals surface area contributed by atoms with Crippen molar-refractivity contribution in [1.82, 2.24) is 5.32 Å². The Kier molecular flexibility index (Phi) is 3.34. The molecule has 1 unspecified atom stereocenters. The van der Waals surface area contributed by atoms with Crippen molar-refractivity contribution in [2.24, 2.45) is 5.92 Å². The Hall–Kier alpha value is -1.64. The first-order valence-corrected chi connectivity index (χ1v) is 5.63. The summed E-state index contributed by atoms with van der Waals surface area (Å²) >= 11 is 0. The molecule has 1 amide bonds. The van der Waals surface area contributed by atoms with E-state index in [-0.39, 0.29) is 17.6 Å². The lowest BCUT2D eigenvalue weighted by atomic mass is 9.97. The maximum atomic E-state index is 11.8. The van der Waals surface area contributed by atoms with Crippen LogP contribution in [-0.4, -0.2) is 18.2 Å². The number of hydrogen-bond acceptors (Lipinski definition) is 2. The third-order valence-electron chi connectivity index (χ3n) is 2.98. The molecule has 1 saturated heterocycles. The summed E-state index contributed by atoms with van der Waals surface area (Å²) in [5.41, 5.74) is 0.737. The van der Waals surface area contributed by atoms with Crippen molar-refractivity contribution < 1.29 is 9.59 Å². The molecule has 3 heteroatoms. The van der Waals surface area contributed by atoms with Gasteiger partial charge in [-0.15, -0.1) is 0 Å². The standard InChI is InChI=1S/C13H15NO2/c15-12(10-4-2-1-3-5-10)7-6-11-8-9-14-13(11)16/h1-5,11H,6-9H2,(H,14,16). The molecule has 0 radical (unpaired) electrons. The van der Waals surface area contributed by atoms with Crippen LogP contribution < -0.4 is 5.32 Å². The molecule has 1 fully saturated rings. The lowest BCUT2D eigenvalue weighted by molar-refractivity contribution is -0.122. The van der Waals surface area contributed by atoms with Gasteiger partial charge in [0.1, 0.15) is 0 Å². The fourth-order valence-electron chi connectivity index (χ4n) is 1.99. The summed E-state index contributed by atoms with van der Waals surface area (Å²) in [4.78, 5) is 23.1. The van der Waals surface area contributed by atoms with Gasteiger partial charge in [-0.1, -0.05) is 30.3 Å². The first-order valence-electron chi connectivity index (χ1n) is 5.63. The number of amides is 1. The van der Waals surface area contributed by atoms with Crippen LogP contribution in [0.5, 0.6) is 0 Å². The van der Waals surface area contributed by atoms with E-state index in [4.69, 9.17) is 0 Å². The number of rotatable bonds is 4. The van der Waals surface area contributed by atoms with E-state index in [1.807, 2.05) is 30.3 Å². The van der Waals surface area contributed by atoms with Crippen molar-refractivity contribution in [3.05, 3.63) is 35.9 Å². The van der Waals surface area contributed by atoms with Gasteiger partial charge in [-0.25, -0.2) is 0 Å². The van der Waals surface area contributed by atoms with Crippen molar-refractivity contribution in [1.29, 1.82) is 0 Å². The minimum atomic E-state index is 0.0349. The van der Waals surface area contributed by atoms with E-state index in [0.29, 0.717) is 12.8 Å². The van der Waals surface area contributed by atoms with Gasteiger partial charge in [0.25, 0.3) is 0 Å². The van der Waals surface area contributed by atoms with Gasteiger partial charge < -0.3 is 5.32 Å². The highest BCUT2D eigenvalue weighted by Crippen LogP contribution is 2.17. The number of hydrogen-bond donors (Lipinski definition) is 1. The van der Waals surface area contributed by atoms with Gasteiger partial charge in [0.05, 0.1) is 0 Å². The molecule has 0 aliphatic carbocycles. The maximum absolute atomic E-state index is 11.8. The van der Waals surface area contributed by atoms with E-state index in [2.05, 4.69) is 5.32 Å². The lowest BCUT2D eigenvalue weighted by Crippen LogP contribution is -2.19. The van der Waals surface area contributed by atoms with Crippen LogP contribution >= 0.6 is 0 Å². The van der Waals surface area contributed by atoms with Crippen LogP contribution in [0.1, 0.15) is 29.6 Å². The van der Waals surface area contributed by atoms with Gasteiger partial charge >= 0.3 is 0 Å². The molecule has 0 bridgehead atoms. The Balaban J connectivity index is 1.87. The summed E-state index contributed by atoms with van der Waals surface area (Å²) in [5.74, 6) is 0.258. The highest BCUT2D eigenvalue weighted by Gasteiger charge is 2.24. The molecule has 1 aliphatic heterocycles. The largest absolute Gasteiger partial charge is 0.356 e. The predicted octanol–water partition coefficient (Wildman–Crippen LogP) is 1.79. The van der Waals surface area contributed by atoms with Crippen molar-refractivity contribution in [3.63, 3.8) is 0 Å². The molecule has 1 aromatic rings. The molecule has 1 atom stereocenters. The first kappa shape index (κ1) is 10.9. The fraction of sp³-hybridized carbons (Fsp3) is 0.385. The Morgan fingerprint density at radius 1 is 1.31 bits per heavy atom. The number of Topliss-reactive ketones (excluding diaryl/α,β-unsaturated/α-hetero) is 1. The quantitative estimate of drug-likeness (QED) is 0.781. The minimum Gasteiger partial charge on any atom is -0.356 e. The molecule has 0 aromatic heterocycles. The number of benzene rings is 1. The molecular formula is C13H15NO2. The van der Waals surface area contributed by atoms with E-state index < -0.39 is 0 Å². The molecule has 1 heterocycles. The highest BCUT2D eigenvalue weighted by molar-refractivity contribution is 5.96. The topological polar surface area (TPSA) is 46.2 Å². The average molecular weight is 217 g/mol. The van der Waals surface area contributed by atoms with Crippen LogP contribution in [-0.2, 0) is 4.79 Å². The van der Waals surface area contributed by atoms with E-state index >= 15 is 0 Å². The van der Waals surface area contributed by atoms with Crippen LogP contribution in [0.25, 0.3) is 0 Å². The van der Waals surface area contributed by atoms with Crippen molar-refractivity contribution >= 4 is 11.7 Å². The van der Waals surface area contributed by atoms with Crippen LogP contribution in [0.2, 0.25) is 0 Å². The van der Waals surface area contributed by atoms with Crippen molar-refractivity contribution in [3.8, 4) is 0 Å². The number of carbonyl (C=O) groups excluding carboxylic acids is 2. The SMILES string of the molecule is O=C(CCC1CCNC1=O)c1ccccc1. The summed E-state index contributed by atoms with van der Waals surface area (Å²) in [6, 6.07) is 9.24. The molecule has 1 N–H and O–H groups in total. The summed E-state index contributed by atoms with van der Waals surface area (Å²) in [7, 11) is 0. The minimum absolute atomic E-state index is 0.0349. The van der Waals surface area contributed by atoms with Crippen molar-refractivity contribution in [2.45, 2.75) is 19.3 Å². The van der Waals surface area contributed by atoms with Gasteiger partial charge in [-0.05, 0) is 12.8 Å². The maximum Gasteiger partial charge on any atom is 0.223 e. The van der Waals surface area contributed by atoms with E-state index in [1.165, 1.54) is 0 Å². The lowest BCUT2D eigenvalue weighted by Gasteiger charge is -2.05. The van der Waals surface area contributed by atoms with Crippen molar-refractivity contribution in [2.75, 3.05) is 6.54 Å². The third-order valence-corrected chi connectivity index (χ3v) is 2.98.